The van der Waals surface area contributed by atoms with Crippen molar-refractivity contribution in [2.45, 2.75) is 6.04 Å². The van der Waals surface area contributed by atoms with Gasteiger partial charge in [-0.1, -0.05) is 17.7 Å². The molecular formula is C12H18ClFN2O2S. The first-order valence-corrected chi connectivity index (χ1v) is 8.21. The van der Waals surface area contributed by atoms with Gasteiger partial charge in [0, 0.05) is 36.0 Å². The van der Waals surface area contributed by atoms with Crippen LogP contribution in [0.3, 0.4) is 0 Å². The fourth-order valence-corrected chi connectivity index (χ4v) is 2.56. The minimum atomic E-state index is -3.06. The van der Waals surface area contributed by atoms with Gasteiger partial charge in [0.15, 0.2) is 0 Å². The maximum absolute atomic E-state index is 13.8. The predicted molar refractivity (Wildman–Crippen MR) is 75.5 cm³/mol. The summed E-state index contributed by atoms with van der Waals surface area (Å²) in [4.78, 5) is 1.73. The molecule has 108 valence electrons. The Kier molecular flexibility index (Phi) is 5.73. The highest BCUT2D eigenvalue weighted by Gasteiger charge is 2.20. The second-order valence-corrected chi connectivity index (χ2v) is 7.22. The first-order valence-electron chi connectivity index (χ1n) is 5.77. The fraction of sp³-hybridized carbons (Fsp3) is 0.500. The van der Waals surface area contributed by atoms with E-state index in [-0.39, 0.29) is 18.3 Å². The molecule has 19 heavy (non-hydrogen) atoms. The number of sulfone groups is 1. The Morgan fingerprint density at radius 2 is 2.11 bits per heavy atom. The van der Waals surface area contributed by atoms with Gasteiger partial charge in [0.25, 0.3) is 0 Å². The molecule has 0 saturated heterocycles. The van der Waals surface area contributed by atoms with E-state index in [1.165, 1.54) is 12.3 Å². The maximum Gasteiger partial charge on any atom is 0.148 e. The van der Waals surface area contributed by atoms with E-state index in [9.17, 15) is 12.8 Å². The number of nitrogens with two attached hydrogens (primary N) is 1. The quantitative estimate of drug-likeness (QED) is 0.864. The molecule has 0 saturated carbocycles. The first kappa shape index (κ1) is 16.4. The largest absolute Gasteiger partial charge is 0.329 e. The molecule has 7 heteroatoms. The van der Waals surface area contributed by atoms with Crippen LogP contribution in [-0.4, -0.2) is 45.5 Å². The molecule has 1 aromatic carbocycles. The molecule has 2 N–H and O–H groups in total. The zero-order valence-electron chi connectivity index (χ0n) is 10.9. The zero-order valence-corrected chi connectivity index (χ0v) is 12.5. The third kappa shape index (κ3) is 5.06. The lowest BCUT2D eigenvalue weighted by Crippen LogP contribution is -2.34. The lowest BCUT2D eigenvalue weighted by molar-refractivity contribution is 0.258. The Hall–Kier alpha value is -0.690. The van der Waals surface area contributed by atoms with Crippen LogP contribution in [0.15, 0.2) is 18.2 Å². The van der Waals surface area contributed by atoms with Gasteiger partial charge in [-0.3, -0.25) is 4.90 Å². The molecule has 0 heterocycles. The molecule has 1 unspecified atom stereocenters. The van der Waals surface area contributed by atoms with Crippen LogP contribution in [0.2, 0.25) is 5.02 Å². The van der Waals surface area contributed by atoms with Gasteiger partial charge in [-0.15, -0.1) is 0 Å². The summed E-state index contributed by atoms with van der Waals surface area (Å²) in [6, 6.07) is 4.02. The summed E-state index contributed by atoms with van der Waals surface area (Å²) in [7, 11) is -1.34. The van der Waals surface area contributed by atoms with Gasteiger partial charge < -0.3 is 5.73 Å². The van der Waals surface area contributed by atoms with Gasteiger partial charge in [-0.05, 0) is 19.2 Å². The average molecular weight is 309 g/mol. The molecule has 0 amide bonds. The molecule has 0 aliphatic carbocycles. The third-order valence-corrected chi connectivity index (χ3v) is 4.05. The molecule has 1 atom stereocenters. The Balaban J connectivity index is 2.87. The van der Waals surface area contributed by atoms with Crippen LogP contribution >= 0.6 is 11.6 Å². The molecule has 0 fully saturated rings. The van der Waals surface area contributed by atoms with Gasteiger partial charge in [0.05, 0.1) is 5.75 Å². The minimum Gasteiger partial charge on any atom is -0.329 e. The van der Waals surface area contributed by atoms with Crippen molar-refractivity contribution in [3.05, 3.63) is 34.6 Å². The third-order valence-electron chi connectivity index (χ3n) is 2.89. The smallest absolute Gasteiger partial charge is 0.148 e. The standard InChI is InChI=1S/C12H18ClFN2O2S/c1-16(5-6-19(2,17)18)12(8-15)10-4-3-9(13)7-11(10)14/h3-4,7,12H,5-6,8,15H2,1-2H3. The summed E-state index contributed by atoms with van der Waals surface area (Å²) in [6.45, 7) is 0.488. The van der Waals surface area contributed by atoms with E-state index in [1.807, 2.05) is 0 Å². The van der Waals surface area contributed by atoms with Crippen LogP contribution in [0.5, 0.6) is 0 Å². The first-order chi connectivity index (χ1) is 8.74. The van der Waals surface area contributed by atoms with Crippen molar-refractivity contribution in [2.24, 2.45) is 5.73 Å². The van der Waals surface area contributed by atoms with E-state index in [2.05, 4.69) is 0 Å². The van der Waals surface area contributed by atoms with Gasteiger partial charge in [-0.25, -0.2) is 12.8 Å². The van der Waals surface area contributed by atoms with Crippen molar-refractivity contribution < 1.29 is 12.8 Å². The highest BCUT2D eigenvalue weighted by molar-refractivity contribution is 7.90. The molecule has 4 nitrogen and oxygen atoms in total. The number of likely N-dealkylation sites (N-methyl/N-ethyl adjacent to an activating group) is 1. The lowest BCUT2D eigenvalue weighted by atomic mass is 10.1. The van der Waals surface area contributed by atoms with Crippen molar-refractivity contribution in [3.8, 4) is 0 Å². The van der Waals surface area contributed by atoms with Crippen molar-refractivity contribution in [3.63, 3.8) is 0 Å². The highest BCUT2D eigenvalue weighted by Crippen LogP contribution is 2.24. The lowest BCUT2D eigenvalue weighted by Gasteiger charge is -2.27. The van der Waals surface area contributed by atoms with Crippen molar-refractivity contribution in [1.29, 1.82) is 0 Å². The molecule has 1 rings (SSSR count). The highest BCUT2D eigenvalue weighted by atomic mass is 35.5. The molecular weight excluding hydrogens is 291 g/mol. The minimum absolute atomic E-state index is 0.00914. The topological polar surface area (TPSA) is 63.4 Å². The summed E-state index contributed by atoms with van der Waals surface area (Å²) in [5.41, 5.74) is 6.08. The summed E-state index contributed by atoms with van der Waals surface area (Å²) in [5, 5.41) is 0.316. The van der Waals surface area contributed by atoms with E-state index in [0.29, 0.717) is 17.1 Å². The number of halogens is 2. The zero-order chi connectivity index (χ0) is 14.6. The van der Waals surface area contributed by atoms with Crippen LogP contribution in [0.1, 0.15) is 11.6 Å². The van der Waals surface area contributed by atoms with E-state index in [0.717, 1.165) is 0 Å². The predicted octanol–water partition coefficient (Wildman–Crippen LogP) is 1.46. The van der Waals surface area contributed by atoms with Crippen molar-refractivity contribution in [2.75, 3.05) is 32.1 Å². The van der Waals surface area contributed by atoms with Gasteiger partial charge in [-0.2, -0.15) is 0 Å². The van der Waals surface area contributed by atoms with Gasteiger partial charge >= 0.3 is 0 Å². The molecule has 0 spiro atoms. The summed E-state index contributed by atoms with van der Waals surface area (Å²) >= 11 is 5.70. The summed E-state index contributed by atoms with van der Waals surface area (Å²) in [5.74, 6) is -0.427. The van der Waals surface area contributed by atoms with Crippen LogP contribution in [0, 0.1) is 5.82 Å². The number of benzene rings is 1. The van der Waals surface area contributed by atoms with Crippen LogP contribution in [0.25, 0.3) is 0 Å². The number of hydrogen-bond acceptors (Lipinski definition) is 4. The number of nitrogens with zero attached hydrogens (tertiary/aromatic N) is 1. The van der Waals surface area contributed by atoms with Gasteiger partial charge in [0.1, 0.15) is 15.7 Å². The normalized spacial score (nSPS) is 13.8. The van der Waals surface area contributed by atoms with E-state index in [4.69, 9.17) is 17.3 Å². The van der Waals surface area contributed by atoms with Crippen LogP contribution in [0.4, 0.5) is 4.39 Å². The second-order valence-electron chi connectivity index (χ2n) is 4.53. The molecule has 0 aliphatic rings. The Morgan fingerprint density at radius 1 is 1.47 bits per heavy atom. The number of rotatable bonds is 6. The van der Waals surface area contributed by atoms with Crippen LogP contribution < -0.4 is 5.73 Å². The van der Waals surface area contributed by atoms with E-state index >= 15 is 0 Å². The van der Waals surface area contributed by atoms with E-state index < -0.39 is 15.7 Å². The fourth-order valence-electron chi connectivity index (χ4n) is 1.78. The second kappa shape index (κ2) is 6.65. The number of hydrogen-bond donors (Lipinski definition) is 1. The molecule has 0 bridgehead atoms. The summed E-state index contributed by atoms with van der Waals surface area (Å²) in [6.07, 6.45) is 1.17. The Bertz CT molecular complexity index is 537. The SMILES string of the molecule is CN(CCS(C)(=O)=O)C(CN)c1ccc(Cl)cc1F. The van der Waals surface area contributed by atoms with E-state index in [1.54, 1.807) is 24.1 Å². The monoisotopic (exact) mass is 308 g/mol. The molecule has 1 aromatic rings. The van der Waals surface area contributed by atoms with Crippen molar-refractivity contribution in [1.82, 2.24) is 4.90 Å². The van der Waals surface area contributed by atoms with Gasteiger partial charge in [0.2, 0.25) is 0 Å². The Morgan fingerprint density at radius 3 is 2.58 bits per heavy atom. The molecule has 0 aliphatic heterocycles. The average Bonchev–Trinajstić information content (AvgIpc) is 2.29. The van der Waals surface area contributed by atoms with Crippen molar-refractivity contribution >= 4 is 21.4 Å². The van der Waals surface area contributed by atoms with Crippen LogP contribution in [-0.2, 0) is 9.84 Å². The Labute approximate surface area is 118 Å². The summed E-state index contributed by atoms with van der Waals surface area (Å²) < 4.78 is 36.1. The molecule has 0 radical (unpaired) electrons. The maximum atomic E-state index is 13.8. The molecule has 0 aromatic heterocycles.